The summed E-state index contributed by atoms with van der Waals surface area (Å²) in [6.45, 7) is 0. The lowest BCUT2D eigenvalue weighted by Crippen LogP contribution is -1.76. The lowest BCUT2D eigenvalue weighted by molar-refractivity contribution is 0.640. The highest BCUT2D eigenvalue weighted by molar-refractivity contribution is 5.82. The van der Waals surface area contributed by atoms with Gasteiger partial charge in [0, 0.05) is 5.39 Å². The first-order valence-corrected chi connectivity index (χ1v) is 3.51. The Morgan fingerprint density at radius 2 is 1.46 bits per heavy atom. The van der Waals surface area contributed by atoms with Crippen LogP contribution < -0.4 is 6.15 Å². The van der Waals surface area contributed by atoms with E-state index in [1.54, 1.807) is 12.1 Å². The van der Waals surface area contributed by atoms with E-state index in [9.17, 15) is 4.39 Å². The van der Waals surface area contributed by atoms with Crippen LogP contribution in [0, 0.1) is 5.82 Å². The average molecular weight is 179 g/mol. The van der Waals surface area contributed by atoms with Crippen LogP contribution in [0.1, 0.15) is 7.43 Å². The van der Waals surface area contributed by atoms with E-state index >= 15 is 0 Å². The molecule has 13 heavy (non-hydrogen) atoms. The maximum Gasteiger partial charge on any atom is 0.131 e. The Balaban J connectivity index is 0.000000720. The molecular weight excluding hydrogens is 165 g/mol. The van der Waals surface area contributed by atoms with Crippen molar-refractivity contribution in [3.8, 4) is 0 Å². The summed E-state index contributed by atoms with van der Waals surface area (Å²) < 4.78 is 13.0. The van der Waals surface area contributed by atoms with Gasteiger partial charge in [0.2, 0.25) is 0 Å². The molecule has 0 bridgehead atoms. The van der Waals surface area contributed by atoms with Crippen molar-refractivity contribution < 1.29 is 4.39 Å². The fraction of sp³-hybridized carbons (Fsp3) is 0.0909. The molecule has 0 aliphatic carbocycles. The second-order valence-electron chi connectivity index (χ2n) is 2.46. The Morgan fingerprint density at radius 3 is 2.15 bits per heavy atom. The van der Waals surface area contributed by atoms with Gasteiger partial charge in [0.15, 0.2) is 0 Å². The Kier molecular flexibility index (Phi) is 4.08. The molecule has 2 heteroatoms. The summed E-state index contributed by atoms with van der Waals surface area (Å²) in [4.78, 5) is 0. The topological polar surface area (TPSA) is 35.0 Å². The molecule has 0 fully saturated rings. The Labute approximate surface area is 77.8 Å². The van der Waals surface area contributed by atoms with E-state index in [0.29, 0.717) is 5.39 Å². The molecule has 2 aromatic rings. The summed E-state index contributed by atoms with van der Waals surface area (Å²) in [6, 6.07) is 12.5. The minimum absolute atomic E-state index is 0. The van der Waals surface area contributed by atoms with Crippen LogP contribution in [0.15, 0.2) is 42.5 Å². The number of halogens is 1. The number of fused-ring (bicyclic) bond motifs is 1. The summed E-state index contributed by atoms with van der Waals surface area (Å²) >= 11 is 0. The molecule has 2 rings (SSSR count). The SMILES string of the molecule is C.Fc1cccc2ccccc12.N. The van der Waals surface area contributed by atoms with E-state index < -0.39 is 0 Å². The van der Waals surface area contributed by atoms with E-state index in [-0.39, 0.29) is 19.4 Å². The van der Waals surface area contributed by atoms with Crippen molar-refractivity contribution in [1.29, 1.82) is 0 Å². The minimum Gasteiger partial charge on any atom is -0.344 e. The van der Waals surface area contributed by atoms with Crippen LogP contribution in [-0.4, -0.2) is 0 Å². The predicted molar refractivity (Wildman–Crippen MR) is 55.7 cm³/mol. The van der Waals surface area contributed by atoms with Gasteiger partial charge in [-0.15, -0.1) is 0 Å². The average Bonchev–Trinajstić information content (AvgIpc) is 2.06. The molecule has 0 amide bonds. The Morgan fingerprint density at radius 1 is 0.846 bits per heavy atom. The molecule has 0 aromatic heterocycles. The van der Waals surface area contributed by atoms with E-state index in [4.69, 9.17) is 0 Å². The monoisotopic (exact) mass is 179 g/mol. The van der Waals surface area contributed by atoms with Gasteiger partial charge in [-0.25, -0.2) is 4.39 Å². The highest BCUT2D eigenvalue weighted by atomic mass is 19.1. The fourth-order valence-electron chi connectivity index (χ4n) is 1.19. The standard InChI is InChI=1S/C10H7F.CH4.H3N/c11-10-7-3-5-8-4-1-2-6-9(8)10;;/h1-7H;1H4;1H3. The summed E-state index contributed by atoms with van der Waals surface area (Å²) in [5, 5.41) is 1.64. The Bertz CT molecular complexity index is 379. The summed E-state index contributed by atoms with van der Waals surface area (Å²) in [5.74, 6) is -0.150. The largest absolute Gasteiger partial charge is 0.344 e. The van der Waals surface area contributed by atoms with Gasteiger partial charge >= 0.3 is 0 Å². The first-order chi connectivity index (χ1) is 5.38. The van der Waals surface area contributed by atoms with Crippen LogP contribution in [0.2, 0.25) is 0 Å². The van der Waals surface area contributed by atoms with Crippen molar-refractivity contribution in [1.82, 2.24) is 6.15 Å². The van der Waals surface area contributed by atoms with E-state index in [0.717, 1.165) is 5.39 Å². The molecule has 0 saturated heterocycles. The van der Waals surface area contributed by atoms with E-state index in [1.165, 1.54) is 6.07 Å². The van der Waals surface area contributed by atoms with E-state index in [2.05, 4.69) is 0 Å². The van der Waals surface area contributed by atoms with Crippen molar-refractivity contribution in [2.24, 2.45) is 0 Å². The number of rotatable bonds is 0. The second kappa shape index (κ2) is 4.58. The fourth-order valence-corrected chi connectivity index (χ4v) is 1.19. The number of benzene rings is 2. The third-order valence-corrected chi connectivity index (χ3v) is 1.74. The van der Waals surface area contributed by atoms with Gasteiger partial charge in [-0.2, -0.15) is 0 Å². The molecule has 0 aliphatic rings. The molecule has 2 aromatic carbocycles. The number of hydrogen-bond acceptors (Lipinski definition) is 1. The maximum atomic E-state index is 13.0. The molecule has 3 N–H and O–H groups in total. The summed E-state index contributed by atoms with van der Waals surface area (Å²) in [6.07, 6.45) is 0. The third-order valence-electron chi connectivity index (χ3n) is 1.74. The maximum absolute atomic E-state index is 13.0. The van der Waals surface area contributed by atoms with Gasteiger partial charge in [0.05, 0.1) is 0 Å². The summed E-state index contributed by atoms with van der Waals surface area (Å²) in [7, 11) is 0. The predicted octanol–water partition coefficient (Wildman–Crippen LogP) is 3.78. The molecule has 0 aliphatic heterocycles. The van der Waals surface area contributed by atoms with Crippen LogP contribution in [0.4, 0.5) is 4.39 Å². The molecule has 0 saturated carbocycles. The second-order valence-corrected chi connectivity index (χ2v) is 2.46. The highest BCUT2D eigenvalue weighted by Crippen LogP contribution is 2.15. The van der Waals surface area contributed by atoms with Gasteiger partial charge in [0.1, 0.15) is 5.82 Å². The van der Waals surface area contributed by atoms with Gasteiger partial charge in [0.25, 0.3) is 0 Å². The molecule has 0 radical (unpaired) electrons. The first-order valence-electron chi connectivity index (χ1n) is 3.51. The van der Waals surface area contributed by atoms with Crippen LogP contribution in [0.25, 0.3) is 10.8 Å². The lowest BCUT2D eigenvalue weighted by Gasteiger charge is -1.95. The van der Waals surface area contributed by atoms with Crippen molar-refractivity contribution in [3.05, 3.63) is 48.3 Å². The van der Waals surface area contributed by atoms with Crippen molar-refractivity contribution >= 4 is 10.8 Å². The quantitative estimate of drug-likeness (QED) is 0.656. The number of hydrogen-bond donors (Lipinski definition) is 1. The van der Waals surface area contributed by atoms with Crippen molar-refractivity contribution in [2.75, 3.05) is 0 Å². The van der Waals surface area contributed by atoms with Crippen LogP contribution >= 0.6 is 0 Å². The smallest absolute Gasteiger partial charge is 0.131 e. The molecule has 0 atom stereocenters. The van der Waals surface area contributed by atoms with Gasteiger partial charge in [-0.3, -0.25) is 0 Å². The summed E-state index contributed by atoms with van der Waals surface area (Å²) in [5.41, 5.74) is 0. The third kappa shape index (κ3) is 2.04. The van der Waals surface area contributed by atoms with E-state index in [1.807, 2.05) is 24.3 Å². The molecule has 0 spiro atoms. The zero-order valence-corrected chi connectivity index (χ0v) is 6.63. The van der Waals surface area contributed by atoms with Crippen molar-refractivity contribution in [3.63, 3.8) is 0 Å². The minimum atomic E-state index is -0.150. The zero-order chi connectivity index (χ0) is 7.68. The van der Waals surface area contributed by atoms with Crippen molar-refractivity contribution in [2.45, 2.75) is 7.43 Å². The Hall–Kier alpha value is -1.41. The normalized spacial score (nSPS) is 8.69. The van der Waals surface area contributed by atoms with Crippen LogP contribution in [-0.2, 0) is 0 Å². The molecule has 1 nitrogen and oxygen atoms in total. The molecule has 0 unspecified atom stereocenters. The van der Waals surface area contributed by atoms with Gasteiger partial charge in [-0.05, 0) is 11.5 Å². The first kappa shape index (κ1) is 11.6. The lowest BCUT2D eigenvalue weighted by atomic mass is 10.1. The molecule has 0 heterocycles. The molecule has 70 valence electrons. The van der Waals surface area contributed by atoms with Crippen LogP contribution in [0.5, 0.6) is 0 Å². The highest BCUT2D eigenvalue weighted by Gasteiger charge is 1.95. The van der Waals surface area contributed by atoms with Gasteiger partial charge < -0.3 is 6.15 Å². The van der Waals surface area contributed by atoms with Crippen LogP contribution in [0.3, 0.4) is 0 Å². The zero-order valence-electron chi connectivity index (χ0n) is 6.63. The van der Waals surface area contributed by atoms with Gasteiger partial charge in [-0.1, -0.05) is 43.8 Å². The molecular formula is C11H14FN.